The third kappa shape index (κ3) is 4.19. The van der Waals surface area contributed by atoms with Gasteiger partial charge in [-0.25, -0.2) is 4.98 Å². The largest absolute Gasteiger partial charge is 0.480 e. The summed E-state index contributed by atoms with van der Waals surface area (Å²) in [6, 6.07) is -0.460. The second-order valence-corrected chi connectivity index (χ2v) is 5.27. The number of rotatable bonds is 6. The minimum atomic E-state index is -0.798. The monoisotopic (exact) mass is 246 g/mol. The normalized spacial score (nSPS) is 12.7. The maximum Gasteiger partial charge on any atom is 0.320 e. The number of carboxylic acids is 1. The van der Waals surface area contributed by atoms with Crippen molar-refractivity contribution in [1.82, 2.24) is 10.3 Å². The van der Waals surface area contributed by atoms with Gasteiger partial charge < -0.3 is 10.4 Å². The Bertz CT molecular complexity index is 328. The van der Waals surface area contributed by atoms with E-state index in [4.69, 9.17) is 5.11 Å². The van der Waals surface area contributed by atoms with Gasteiger partial charge in [-0.1, -0.05) is 11.8 Å². The Kier molecular flexibility index (Phi) is 5.07. The van der Waals surface area contributed by atoms with Crippen LogP contribution >= 0.6 is 23.1 Å². The molecule has 1 rings (SSSR count). The average Bonchev–Trinajstić information content (AvgIpc) is 2.58. The molecule has 0 aliphatic rings. The van der Waals surface area contributed by atoms with Gasteiger partial charge in [0.25, 0.3) is 0 Å². The Hall–Kier alpha value is -0.590. The van der Waals surface area contributed by atoms with Crippen LogP contribution in [-0.2, 0) is 4.79 Å². The van der Waals surface area contributed by atoms with Gasteiger partial charge in [-0.15, -0.1) is 11.3 Å². The fourth-order valence-electron chi connectivity index (χ4n) is 1.05. The van der Waals surface area contributed by atoms with Gasteiger partial charge in [0.1, 0.15) is 10.4 Å². The maximum absolute atomic E-state index is 10.7. The topological polar surface area (TPSA) is 62.2 Å². The Labute approximate surface area is 97.1 Å². The van der Waals surface area contributed by atoms with Crippen molar-refractivity contribution in [2.24, 2.45) is 0 Å². The standard InChI is InChI=1S/C9H14N2O2S2/c1-6-5-15-9(11-6)14-4-3-7(10-2)8(12)13/h5,7,10H,3-4H2,1-2H3,(H,12,13). The highest BCUT2D eigenvalue weighted by Crippen LogP contribution is 2.23. The van der Waals surface area contributed by atoms with Crippen molar-refractivity contribution >= 4 is 29.1 Å². The van der Waals surface area contributed by atoms with Gasteiger partial charge in [-0.2, -0.15) is 0 Å². The summed E-state index contributed by atoms with van der Waals surface area (Å²) < 4.78 is 1.01. The number of hydrogen-bond acceptors (Lipinski definition) is 5. The lowest BCUT2D eigenvalue weighted by Gasteiger charge is -2.09. The zero-order valence-electron chi connectivity index (χ0n) is 8.69. The smallest absolute Gasteiger partial charge is 0.320 e. The van der Waals surface area contributed by atoms with Gasteiger partial charge in [0, 0.05) is 16.8 Å². The molecule has 2 N–H and O–H groups in total. The number of aromatic nitrogens is 1. The van der Waals surface area contributed by atoms with E-state index < -0.39 is 12.0 Å². The molecule has 15 heavy (non-hydrogen) atoms. The molecule has 0 saturated heterocycles. The predicted octanol–water partition coefficient (Wildman–Crippen LogP) is 1.61. The van der Waals surface area contributed by atoms with Gasteiger partial charge in [-0.05, 0) is 20.4 Å². The van der Waals surface area contributed by atoms with Crippen LogP contribution in [0.25, 0.3) is 0 Å². The first-order chi connectivity index (χ1) is 7.13. The maximum atomic E-state index is 10.7. The van der Waals surface area contributed by atoms with E-state index in [9.17, 15) is 4.79 Å². The lowest BCUT2D eigenvalue weighted by molar-refractivity contribution is -0.139. The number of carboxylic acid groups (broad SMARTS) is 1. The zero-order valence-corrected chi connectivity index (χ0v) is 10.3. The summed E-state index contributed by atoms with van der Waals surface area (Å²) in [5.41, 5.74) is 1.02. The average molecular weight is 246 g/mol. The third-order valence-corrected chi connectivity index (χ3v) is 4.05. The first kappa shape index (κ1) is 12.5. The molecule has 1 heterocycles. The van der Waals surface area contributed by atoms with Gasteiger partial charge in [-0.3, -0.25) is 4.79 Å². The van der Waals surface area contributed by atoms with E-state index in [0.29, 0.717) is 6.42 Å². The summed E-state index contributed by atoms with van der Waals surface area (Å²) in [5, 5.41) is 13.5. The van der Waals surface area contributed by atoms with E-state index in [1.165, 1.54) is 0 Å². The molecule has 0 spiro atoms. The number of hydrogen-bond donors (Lipinski definition) is 2. The van der Waals surface area contributed by atoms with Crippen LogP contribution in [0.5, 0.6) is 0 Å². The Balaban J connectivity index is 2.29. The number of likely N-dealkylation sites (N-methyl/N-ethyl adjacent to an activating group) is 1. The minimum absolute atomic E-state index is 0.460. The van der Waals surface area contributed by atoms with E-state index in [-0.39, 0.29) is 0 Å². The molecule has 0 aliphatic heterocycles. The number of nitrogens with zero attached hydrogens (tertiary/aromatic N) is 1. The summed E-state index contributed by atoms with van der Waals surface area (Å²) in [4.78, 5) is 15.0. The van der Waals surface area contributed by atoms with Crippen LogP contribution in [0, 0.1) is 6.92 Å². The van der Waals surface area contributed by atoms with Crippen molar-refractivity contribution in [3.63, 3.8) is 0 Å². The molecule has 0 bridgehead atoms. The van der Waals surface area contributed by atoms with Gasteiger partial charge >= 0.3 is 5.97 Å². The number of nitrogens with one attached hydrogen (secondary N) is 1. The van der Waals surface area contributed by atoms with Crippen LogP contribution < -0.4 is 5.32 Å². The molecule has 1 aromatic rings. The highest BCUT2D eigenvalue weighted by molar-refractivity contribution is 8.01. The number of thioether (sulfide) groups is 1. The van der Waals surface area contributed by atoms with E-state index in [2.05, 4.69) is 10.3 Å². The number of carbonyl (C=O) groups is 1. The van der Waals surface area contributed by atoms with Crippen molar-refractivity contribution < 1.29 is 9.90 Å². The lowest BCUT2D eigenvalue weighted by atomic mass is 10.2. The van der Waals surface area contributed by atoms with Crippen LogP contribution in [0.3, 0.4) is 0 Å². The molecule has 1 unspecified atom stereocenters. The molecule has 0 aliphatic carbocycles. The van der Waals surface area contributed by atoms with Crippen LogP contribution in [0.2, 0.25) is 0 Å². The quantitative estimate of drug-likeness (QED) is 0.747. The Morgan fingerprint density at radius 1 is 1.80 bits per heavy atom. The van der Waals surface area contributed by atoms with Gasteiger partial charge in [0.05, 0.1) is 0 Å². The first-order valence-electron chi connectivity index (χ1n) is 4.58. The Morgan fingerprint density at radius 3 is 3.00 bits per heavy atom. The molecular weight excluding hydrogens is 232 g/mol. The van der Waals surface area contributed by atoms with Gasteiger partial charge in [0.15, 0.2) is 0 Å². The Morgan fingerprint density at radius 2 is 2.53 bits per heavy atom. The molecule has 0 aromatic carbocycles. The van der Waals surface area contributed by atoms with E-state index in [1.54, 1.807) is 30.1 Å². The summed E-state index contributed by atoms with van der Waals surface area (Å²) in [6.45, 7) is 1.95. The molecule has 0 fully saturated rings. The molecule has 1 atom stereocenters. The number of thiazole rings is 1. The molecule has 4 nitrogen and oxygen atoms in total. The minimum Gasteiger partial charge on any atom is -0.480 e. The molecule has 0 amide bonds. The summed E-state index contributed by atoms with van der Waals surface area (Å²) in [6.07, 6.45) is 0.606. The summed E-state index contributed by atoms with van der Waals surface area (Å²) >= 11 is 3.21. The second-order valence-electron chi connectivity index (χ2n) is 3.07. The van der Waals surface area contributed by atoms with E-state index in [1.807, 2.05) is 12.3 Å². The molecule has 1 aromatic heterocycles. The fraction of sp³-hybridized carbons (Fsp3) is 0.556. The van der Waals surface area contributed by atoms with Crippen LogP contribution in [0.1, 0.15) is 12.1 Å². The van der Waals surface area contributed by atoms with Crippen molar-refractivity contribution in [2.45, 2.75) is 23.7 Å². The summed E-state index contributed by atoms with van der Waals surface area (Å²) in [7, 11) is 1.66. The molecule has 0 saturated carbocycles. The lowest BCUT2D eigenvalue weighted by Crippen LogP contribution is -2.34. The highest BCUT2D eigenvalue weighted by Gasteiger charge is 2.14. The molecule has 6 heteroatoms. The van der Waals surface area contributed by atoms with Crippen molar-refractivity contribution in [2.75, 3.05) is 12.8 Å². The molecular formula is C9H14N2O2S2. The van der Waals surface area contributed by atoms with E-state index in [0.717, 1.165) is 15.8 Å². The highest BCUT2D eigenvalue weighted by atomic mass is 32.2. The van der Waals surface area contributed by atoms with Crippen LogP contribution in [0.15, 0.2) is 9.72 Å². The zero-order chi connectivity index (χ0) is 11.3. The third-order valence-electron chi connectivity index (χ3n) is 1.88. The fourth-order valence-corrected chi connectivity index (χ4v) is 2.98. The van der Waals surface area contributed by atoms with Crippen LogP contribution in [0.4, 0.5) is 0 Å². The van der Waals surface area contributed by atoms with Crippen molar-refractivity contribution in [1.29, 1.82) is 0 Å². The van der Waals surface area contributed by atoms with Crippen molar-refractivity contribution in [3.05, 3.63) is 11.1 Å². The molecule has 84 valence electrons. The van der Waals surface area contributed by atoms with Gasteiger partial charge in [0.2, 0.25) is 0 Å². The SMILES string of the molecule is CNC(CCSc1nc(C)cs1)C(=O)O. The molecule has 0 radical (unpaired) electrons. The first-order valence-corrected chi connectivity index (χ1v) is 6.45. The predicted molar refractivity (Wildman–Crippen MR) is 62.7 cm³/mol. The van der Waals surface area contributed by atoms with Crippen LogP contribution in [-0.4, -0.2) is 34.9 Å². The summed E-state index contributed by atoms with van der Waals surface area (Å²) in [5.74, 6) is -0.0291. The number of aryl methyl sites for hydroxylation is 1. The second kappa shape index (κ2) is 6.09. The van der Waals surface area contributed by atoms with Crippen molar-refractivity contribution in [3.8, 4) is 0 Å². The van der Waals surface area contributed by atoms with E-state index >= 15 is 0 Å². The number of aliphatic carboxylic acids is 1.